The highest BCUT2D eigenvalue weighted by Crippen LogP contribution is 2.58. The van der Waals surface area contributed by atoms with E-state index in [-0.39, 0.29) is 22.7 Å². The van der Waals surface area contributed by atoms with Crippen LogP contribution in [0.2, 0.25) is 0 Å². The smallest absolute Gasteiger partial charge is 0.306 e. The van der Waals surface area contributed by atoms with E-state index in [2.05, 4.69) is 27.4 Å². The molecule has 3 atom stereocenters. The van der Waals surface area contributed by atoms with Gasteiger partial charge in [-0.3, -0.25) is 4.79 Å². The fourth-order valence-electron chi connectivity index (χ4n) is 3.33. The molecule has 1 heterocycles. The molecule has 0 aromatic carbocycles. The Morgan fingerprint density at radius 2 is 2.12 bits per heavy atom. The molecule has 0 unspecified atom stereocenters. The van der Waals surface area contributed by atoms with E-state index in [0.29, 0.717) is 19.4 Å². The lowest BCUT2D eigenvalue weighted by Gasteiger charge is -2.38. The Bertz CT molecular complexity index is 340. The molecule has 0 amide bonds. The van der Waals surface area contributed by atoms with E-state index < -0.39 is 6.10 Å². The highest BCUT2D eigenvalue weighted by molar-refractivity contribution is 5.74. The van der Waals surface area contributed by atoms with E-state index in [0.717, 1.165) is 5.57 Å². The summed E-state index contributed by atoms with van der Waals surface area (Å²) in [7, 11) is 0. The van der Waals surface area contributed by atoms with Crippen molar-refractivity contribution >= 4 is 5.97 Å². The minimum atomic E-state index is -0.487. The number of carbonyl (C=O) groups is 1. The SMILES string of the molecule is C=C1[C@H](O)C[C@@H](C(C)(C)C)[C@]12COC(=O)C2. The van der Waals surface area contributed by atoms with E-state index in [1.807, 2.05) is 0 Å². The van der Waals surface area contributed by atoms with E-state index in [9.17, 15) is 9.90 Å². The van der Waals surface area contributed by atoms with Crippen molar-refractivity contribution in [2.75, 3.05) is 6.61 Å². The maximum absolute atomic E-state index is 11.4. The molecule has 1 aliphatic heterocycles. The van der Waals surface area contributed by atoms with Gasteiger partial charge in [0, 0.05) is 5.41 Å². The summed E-state index contributed by atoms with van der Waals surface area (Å²) in [5.41, 5.74) is 0.515. The molecule has 90 valence electrons. The molecular weight excluding hydrogens is 204 g/mol. The molecule has 16 heavy (non-hydrogen) atoms. The summed E-state index contributed by atoms with van der Waals surface area (Å²) in [6.45, 7) is 10.8. The first-order valence-electron chi connectivity index (χ1n) is 5.80. The van der Waals surface area contributed by atoms with Gasteiger partial charge in [-0.1, -0.05) is 27.4 Å². The van der Waals surface area contributed by atoms with Gasteiger partial charge in [-0.15, -0.1) is 0 Å². The van der Waals surface area contributed by atoms with Crippen LogP contribution in [0.5, 0.6) is 0 Å². The van der Waals surface area contributed by atoms with Gasteiger partial charge < -0.3 is 9.84 Å². The van der Waals surface area contributed by atoms with Crippen molar-refractivity contribution in [3.05, 3.63) is 12.2 Å². The molecule has 2 rings (SSSR count). The number of esters is 1. The van der Waals surface area contributed by atoms with Gasteiger partial charge in [-0.25, -0.2) is 0 Å². The van der Waals surface area contributed by atoms with Crippen molar-refractivity contribution in [2.45, 2.75) is 39.7 Å². The van der Waals surface area contributed by atoms with Crippen LogP contribution in [-0.4, -0.2) is 23.8 Å². The van der Waals surface area contributed by atoms with Gasteiger partial charge in [0.2, 0.25) is 0 Å². The van der Waals surface area contributed by atoms with Gasteiger partial charge in [0.15, 0.2) is 0 Å². The third-order valence-corrected chi connectivity index (χ3v) is 4.16. The number of aliphatic hydroxyl groups is 1. The van der Waals surface area contributed by atoms with E-state index >= 15 is 0 Å². The van der Waals surface area contributed by atoms with Gasteiger partial charge >= 0.3 is 5.97 Å². The van der Waals surface area contributed by atoms with E-state index in [1.165, 1.54) is 0 Å². The van der Waals surface area contributed by atoms with Crippen molar-refractivity contribution in [3.8, 4) is 0 Å². The van der Waals surface area contributed by atoms with Crippen molar-refractivity contribution in [3.63, 3.8) is 0 Å². The first-order chi connectivity index (χ1) is 7.27. The average Bonchev–Trinajstić information content (AvgIpc) is 2.63. The molecule has 3 heteroatoms. The molecule has 0 aromatic rings. The average molecular weight is 224 g/mol. The molecular formula is C13H20O3. The van der Waals surface area contributed by atoms with Crippen molar-refractivity contribution < 1.29 is 14.6 Å². The second-order valence-electron chi connectivity index (χ2n) is 6.19. The predicted octanol–water partition coefficient (Wildman–Crippen LogP) is 1.90. The van der Waals surface area contributed by atoms with Crippen molar-refractivity contribution in [1.82, 2.24) is 0 Å². The molecule has 2 aliphatic rings. The molecule has 2 fully saturated rings. The van der Waals surface area contributed by atoms with Crippen LogP contribution in [0.4, 0.5) is 0 Å². The van der Waals surface area contributed by atoms with Gasteiger partial charge in [0.05, 0.1) is 12.5 Å². The highest BCUT2D eigenvalue weighted by atomic mass is 16.5. The predicted molar refractivity (Wildman–Crippen MR) is 60.7 cm³/mol. The minimum absolute atomic E-state index is 0.0500. The van der Waals surface area contributed by atoms with Crippen LogP contribution >= 0.6 is 0 Å². The quantitative estimate of drug-likeness (QED) is 0.505. The Balaban J connectivity index is 2.39. The van der Waals surface area contributed by atoms with Crippen LogP contribution in [0.3, 0.4) is 0 Å². The second-order valence-corrected chi connectivity index (χ2v) is 6.19. The number of cyclic esters (lactones) is 1. The Morgan fingerprint density at radius 3 is 2.56 bits per heavy atom. The molecule has 1 saturated carbocycles. The lowest BCUT2D eigenvalue weighted by atomic mass is 9.64. The van der Waals surface area contributed by atoms with Crippen LogP contribution in [0.15, 0.2) is 12.2 Å². The molecule has 0 radical (unpaired) electrons. The van der Waals surface area contributed by atoms with Crippen molar-refractivity contribution in [2.24, 2.45) is 16.7 Å². The summed E-state index contributed by atoms with van der Waals surface area (Å²) in [6, 6.07) is 0. The summed E-state index contributed by atoms with van der Waals surface area (Å²) in [4.78, 5) is 11.4. The first kappa shape index (κ1) is 11.6. The maximum Gasteiger partial charge on any atom is 0.306 e. The summed E-state index contributed by atoms with van der Waals surface area (Å²) >= 11 is 0. The van der Waals surface area contributed by atoms with Crippen LogP contribution in [0, 0.1) is 16.7 Å². The van der Waals surface area contributed by atoms with Crippen LogP contribution in [-0.2, 0) is 9.53 Å². The third kappa shape index (κ3) is 1.49. The number of rotatable bonds is 0. The number of aliphatic hydroxyl groups excluding tert-OH is 1. The molecule has 0 aromatic heterocycles. The molecule has 3 nitrogen and oxygen atoms in total. The fourth-order valence-corrected chi connectivity index (χ4v) is 3.33. The normalized spacial score (nSPS) is 39.5. The lowest BCUT2D eigenvalue weighted by molar-refractivity contribution is -0.137. The summed E-state index contributed by atoms with van der Waals surface area (Å²) in [5, 5.41) is 9.98. The summed E-state index contributed by atoms with van der Waals surface area (Å²) < 4.78 is 5.12. The molecule has 0 bridgehead atoms. The van der Waals surface area contributed by atoms with Crippen LogP contribution in [0.25, 0.3) is 0 Å². The van der Waals surface area contributed by atoms with E-state index in [1.54, 1.807) is 0 Å². The minimum Gasteiger partial charge on any atom is -0.465 e. The number of hydrogen-bond acceptors (Lipinski definition) is 3. The van der Waals surface area contributed by atoms with Gasteiger partial charge in [0.25, 0.3) is 0 Å². The molecule has 1 aliphatic carbocycles. The topological polar surface area (TPSA) is 46.5 Å². The third-order valence-electron chi connectivity index (χ3n) is 4.16. The molecule has 1 saturated heterocycles. The van der Waals surface area contributed by atoms with Gasteiger partial charge in [-0.05, 0) is 23.3 Å². The zero-order valence-corrected chi connectivity index (χ0v) is 10.2. The molecule has 1 spiro atoms. The zero-order valence-electron chi connectivity index (χ0n) is 10.2. The van der Waals surface area contributed by atoms with Crippen molar-refractivity contribution in [1.29, 1.82) is 0 Å². The summed E-state index contributed by atoms with van der Waals surface area (Å²) in [5.74, 6) is 0.0958. The maximum atomic E-state index is 11.4. The second kappa shape index (κ2) is 3.33. The number of carbonyl (C=O) groups excluding carboxylic acids is 1. The Morgan fingerprint density at radius 1 is 1.50 bits per heavy atom. The van der Waals surface area contributed by atoms with Crippen LogP contribution < -0.4 is 0 Å². The van der Waals surface area contributed by atoms with Gasteiger partial charge in [-0.2, -0.15) is 0 Å². The standard InChI is InChI=1S/C13H20O3/c1-8-9(14)5-10(12(2,3)4)13(8)6-11(15)16-7-13/h9-10,14H,1,5-7H2,2-4H3/t9-,10+,13-/m1/s1. The first-order valence-corrected chi connectivity index (χ1v) is 5.80. The monoisotopic (exact) mass is 224 g/mol. The highest BCUT2D eigenvalue weighted by Gasteiger charge is 2.58. The zero-order chi connectivity index (χ0) is 12.1. The fraction of sp³-hybridized carbons (Fsp3) is 0.769. The number of ether oxygens (including phenoxy) is 1. The molecule has 1 N–H and O–H groups in total. The Labute approximate surface area is 96.5 Å². The Hall–Kier alpha value is -0.830. The number of hydrogen-bond donors (Lipinski definition) is 1. The summed E-state index contributed by atoms with van der Waals surface area (Å²) in [6.07, 6.45) is 0.586. The Kier molecular flexibility index (Phi) is 2.42. The largest absolute Gasteiger partial charge is 0.465 e. The van der Waals surface area contributed by atoms with E-state index in [4.69, 9.17) is 4.74 Å². The van der Waals surface area contributed by atoms with Gasteiger partial charge in [0.1, 0.15) is 6.61 Å². The lowest BCUT2D eigenvalue weighted by Crippen LogP contribution is -2.36. The van der Waals surface area contributed by atoms with Crippen LogP contribution in [0.1, 0.15) is 33.6 Å².